The number of hydrogen-bond acceptors (Lipinski definition) is 6. The number of hydrogen-bond donors (Lipinski definition) is 1. The molecule has 0 amide bonds. The van der Waals surface area contributed by atoms with Gasteiger partial charge in [0.05, 0.1) is 5.76 Å². The van der Waals surface area contributed by atoms with Gasteiger partial charge in [-0.15, -0.1) is 41.2 Å². The van der Waals surface area contributed by atoms with Gasteiger partial charge in [0.2, 0.25) is 0 Å². The summed E-state index contributed by atoms with van der Waals surface area (Å²) in [6.45, 7) is 2.85. The fraction of sp³-hybridized carbons (Fsp3) is 0.0714. The Morgan fingerprint density at radius 2 is 1.53 bits per heavy atom. The average molecular weight is 707 g/mol. The van der Waals surface area contributed by atoms with Crippen molar-refractivity contribution in [2.75, 3.05) is 0 Å². The van der Waals surface area contributed by atoms with Crippen LogP contribution in [0.2, 0.25) is 0 Å². The number of fused-ring (bicyclic) bond motifs is 4. The number of aliphatic hydroxyl groups is 1. The average Bonchev–Trinajstić information content (AvgIpc) is 2.84. The van der Waals surface area contributed by atoms with E-state index in [1.807, 2.05) is 54.6 Å². The van der Waals surface area contributed by atoms with E-state index in [-0.39, 0.29) is 31.6 Å². The van der Waals surface area contributed by atoms with E-state index >= 15 is 0 Å². The van der Waals surface area contributed by atoms with E-state index in [0.717, 1.165) is 46.8 Å². The third-order valence-corrected chi connectivity index (χ3v) is 11.5. The summed E-state index contributed by atoms with van der Waals surface area (Å²) in [7, 11) is -2.92. The zero-order valence-corrected chi connectivity index (χ0v) is 24.3. The molecule has 2 aliphatic heterocycles. The standard InChI is InChI=1S/C23H13NOPS2.C5H8O2.Ir/c25-26-17-8-1-3-10-19(17)27-21-13-15(16-7-5-6-12-24-16)14-22(23(21)26)28-20-11-4-2-9-18(20)26;1-4(6)3-5(2)7;/h1-13H;3,6H,1-2H3;/q-1;;/b;4-3-;. The van der Waals surface area contributed by atoms with Crippen molar-refractivity contribution in [3.05, 3.63) is 96.9 Å². The number of carbonyl (C=O) groups is 1. The van der Waals surface area contributed by atoms with Crippen molar-refractivity contribution < 1.29 is 34.6 Å². The number of rotatable bonds is 2. The van der Waals surface area contributed by atoms with Crippen molar-refractivity contribution in [1.29, 1.82) is 0 Å². The van der Waals surface area contributed by atoms with Crippen LogP contribution in [0.3, 0.4) is 0 Å². The third kappa shape index (κ3) is 4.91. The first-order chi connectivity index (χ1) is 16.9. The first-order valence-corrected chi connectivity index (χ1v) is 14.3. The SMILES string of the molecule is CC(=O)/C=C(/C)O.O=P12c3ccccc3Sc3[c-]c(-c4ccccn4)cc(c31)Sc1ccccc12.[Ir]. The molecule has 183 valence electrons. The minimum absolute atomic E-state index is 0. The molecule has 1 aromatic heterocycles. The van der Waals surface area contributed by atoms with Gasteiger partial charge in [-0.1, -0.05) is 58.3 Å². The molecule has 0 saturated heterocycles. The molecule has 0 fully saturated rings. The number of allylic oxidation sites excluding steroid dienone is 2. The molecule has 3 heterocycles. The molecule has 8 heteroatoms. The van der Waals surface area contributed by atoms with Crippen LogP contribution < -0.4 is 15.9 Å². The molecular weight excluding hydrogens is 686 g/mol. The van der Waals surface area contributed by atoms with Gasteiger partial charge in [0.1, 0.15) is 7.14 Å². The Bertz CT molecular complexity index is 1460. The summed E-state index contributed by atoms with van der Waals surface area (Å²) in [5, 5.41) is 11.2. The van der Waals surface area contributed by atoms with Crippen molar-refractivity contribution in [3.8, 4) is 11.3 Å². The maximum Gasteiger partial charge on any atom is 0.155 e. The molecule has 0 spiro atoms. The van der Waals surface area contributed by atoms with Gasteiger partial charge in [0, 0.05) is 52.8 Å². The molecule has 0 aliphatic carbocycles. The van der Waals surface area contributed by atoms with Gasteiger partial charge in [-0.3, -0.25) is 4.79 Å². The molecule has 4 nitrogen and oxygen atoms in total. The van der Waals surface area contributed by atoms with E-state index in [0.29, 0.717) is 0 Å². The Hall–Kier alpha value is -2.40. The van der Waals surface area contributed by atoms with Gasteiger partial charge < -0.3 is 14.7 Å². The molecule has 1 radical (unpaired) electrons. The topological polar surface area (TPSA) is 67.3 Å². The Morgan fingerprint density at radius 1 is 0.917 bits per heavy atom. The summed E-state index contributed by atoms with van der Waals surface area (Å²) in [5.41, 5.74) is 1.83. The van der Waals surface area contributed by atoms with Crippen LogP contribution in [0.4, 0.5) is 0 Å². The summed E-state index contributed by atoms with van der Waals surface area (Å²) in [4.78, 5) is 18.7. The van der Waals surface area contributed by atoms with Crippen molar-refractivity contribution in [1.82, 2.24) is 4.98 Å². The van der Waals surface area contributed by atoms with E-state index in [1.54, 1.807) is 29.7 Å². The smallest absolute Gasteiger partial charge is 0.155 e. The van der Waals surface area contributed by atoms with E-state index in [1.165, 1.54) is 19.9 Å². The third-order valence-electron chi connectivity index (χ3n) is 5.48. The van der Waals surface area contributed by atoms with Crippen molar-refractivity contribution in [2.45, 2.75) is 33.4 Å². The van der Waals surface area contributed by atoms with Crippen molar-refractivity contribution in [2.24, 2.45) is 0 Å². The van der Waals surface area contributed by atoms with Crippen LogP contribution >= 0.6 is 30.7 Å². The van der Waals surface area contributed by atoms with Gasteiger partial charge in [0.25, 0.3) is 0 Å². The van der Waals surface area contributed by atoms with Crippen LogP contribution in [0.1, 0.15) is 13.8 Å². The second kappa shape index (κ2) is 10.9. The summed E-state index contributed by atoms with van der Waals surface area (Å²) in [6, 6.07) is 27.7. The summed E-state index contributed by atoms with van der Waals surface area (Å²) < 4.78 is 14.7. The van der Waals surface area contributed by atoms with Gasteiger partial charge in [-0.25, -0.2) is 0 Å². The first kappa shape index (κ1) is 26.7. The Morgan fingerprint density at radius 3 is 2.08 bits per heavy atom. The molecule has 0 bridgehead atoms. The number of ketones is 1. The van der Waals surface area contributed by atoms with Crippen molar-refractivity contribution in [3.63, 3.8) is 0 Å². The number of pyridine rings is 1. The maximum absolute atomic E-state index is 14.7. The minimum Gasteiger partial charge on any atom is -0.512 e. The van der Waals surface area contributed by atoms with Gasteiger partial charge in [0.15, 0.2) is 5.78 Å². The van der Waals surface area contributed by atoms with E-state index in [9.17, 15) is 9.36 Å². The van der Waals surface area contributed by atoms with Gasteiger partial charge >= 0.3 is 0 Å². The number of aromatic nitrogens is 1. The minimum atomic E-state index is -2.92. The predicted octanol–water partition coefficient (Wildman–Crippen LogP) is 6.15. The first-order valence-electron chi connectivity index (χ1n) is 10.9. The molecular formula is C28H21IrNO3PS2-. The van der Waals surface area contributed by atoms with Crippen LogP contribution in [0.5, 0.6) is 0 Å². The Kier molecular flexibility index (Phi) is 8.09. The normalized spacial score (nSPS) is 16.8. The number of benzene rings is 3. The Balaban J connectivity index is 0.000000338. The van der Waals surface area contributed by atoms with E-state index < -0.39 is 7.14 Å². The number of aliphatic hydroxyl groups excluding tert-OH is 1. The molecule has 36 heavy (non-hydrogen) atoms. The second-order valence-electron chi connectivity index (χ2n) is 8.09. The molecule has 1 unspecified atom stereocenters. The number of carbonyl (C=O) groups excluding carboxylic acids is 1. The quantitative estimate of drug-likeness (QED) is 0.101. The largest absolute Gasteiger partial charge is 0.512 e. The maximum atomic E-state index is 14.7. The number of nitrogens with zero attached hydrogens (tertiary/aromatic N) is 1. The Labute approximate surface area is 232 Å². The summed E-state index contributed by atoms with van der Waals surface area (Å²) in [5.74, 6) is -0.0625. The van der Waals surface area contributed by atoms with Crippen LogP contribution in [-0.4, -0.2) is 15.9 Å². The van der Waals surface area contributed by atoms with Crippen LogP contribution in [0.15, 0.2) is 110 Å². The molecule has 1 atom stereocenters. The fourth-order valence-corrected chi connectivity index (χ4v) is 11.0. The molecule has 3 aromatic carbocycles. The fourth-order valence-electron chi connectivity index (χ4n) is 4.14. The molecule has 2 aliphatic rings. The van der Waals surface area contributed by atoms with Crippen LogP contribution in [-0.2, 0) is 29.5 Å². The predicted molar refractivity (Wildman–Crippen MR) is 143 cm³/mol. The zero-order chi connectivity index (χ0) is 24.6. The molecule has 0 saturated carbocycles. The van der Waals surface area contributed by atoms with Gasteiger partial charge in [-0.05, 0) is 43.0 Å². The summed E-state index contributed by atoms with van der Waals surface area (Å²) >= 11 is 3.36. The van der Waals surface area contributed by atoms with E-state index in [2.05, 4.69) is 29.2 Å². The van der Waals surface area contributed by atoms with Crippen LogP contribution in [0.25, 0.3) is 11.3 Å². The van der Waals surface area contributed by atoms with E-state index in [4.69, 9.17) is 5.11 Å². The molecule has 1 N–H and O–H groups in total. The second-order valence-corrected chi connectivity index (χ2v) is 12.9. The molecule has 4 aromatic rings. The van der Waals surface area contributed by atoms with Gasteiger partial charge in [-0.2, -0.15) is 0 Å². The van der Waals surface area contributed by atoms with Crippen molar-refractivity contribution >= 4 is 52.4 Å². The monoisotopic (exact) mass is 707 g/mol. The molecule has 6 rings (SSSR count). The van der Waals surface area contributed by atoms with Crippen LogP contribution in [0, 0.1) is 6.07 Å². The zero-order valence-electron chi connectivity index (χ0n) is 19.4. The summed E-state index contributed by atoms with van der Waals surface area (Å²) in [6.07, 6.45) is 2.96.